The van der Waals surface area contributed by atoms with Crippen molar-refractivity contribution in [3.63, 3.8) is 0 Å². The number of hydrogen-bond donors (Lipinski definition) is 1. The van der Waals surface area contributed by atoms with E-state index in [1.165, 1.54) is 14.2 Å². The average Bonchev–Trinajstić information content (AvgIpc) is 2.59. The minimum Gasteiger partial charge on any atom is -0.497 e. The predicted molar refractivity (Wildman–Crippen MR) is 87.1 cm³/mol. The SMILES string of the molecule is COc1cc(OC)cc(C(O)C(=O)c2ccc(SC)cc2)c1. The summed E-state index contributed by atoms with van der Waals surface area (Å²) in [6, 6.07) is 12.1. The van der Waals surface area contributed by atoms with Crippen LogP contribution in [0.25, 0.3) is 0 Å². The average molecular weight is 318 g/mol. The maximum absolute atomic E-state index is 12.4. The molecule has 0 aliphatic carbocycles. The second-order valence-electron chi connectivity index (χ2n) is 4.64. The van der Waals surface area contributed by atoms with Gasteiger partial charge in [0.2, 0.25) is 0 Å². The fraction of sp³-hybridized carbons (Fsp3) is 0.235. The molecule has 1 atom stereocenters. The normalized spacial score (nSPS) is 11.8. The van der Waals surface area contributed by atoms with E-state index >= 15 is 0 Å². The quantitative estimate of drug-likeness (QED) is 0.654. The van der Waals surface area contributed by atoms with Crippen LogP contribution in [0.4, 0.5) is 0 Å². The lowest BCUT2D eigenvalue weighted by Gasteiger charge is -2.13. The number of carbonyl (C=O) groups is 1. The number of methoxy groups -OCH3 is 2. The zero-order chi connectivity index (χ0) is 16.1. The van der Waals surface area contributed by atoms with E-state index in [9.17, 15) is 9.90 Å². The third-order valence-electron chi connectivity index (χ3n) is 3.31. The Morgan fingerprint density at radius 2 is 1.59 bits per heavy atom. The first-order valence-corrected chi connectivity index (χ1v) is 7.90. The number of ketones is 1. The summed E-state index contributed by atoms with van der Waals surface area (Å²) in [5, 5.41) is 10.3. The summed E-state index contributed by atoms with van der Waals surface area (Å²) in [4.78, 5) is 13.5. The standard InChI is InChI=1S/C17H18O4S/c1-20-13-8-12(9-14(10-13)21-2)17(19)16(18)11-4-6-15(22-3)7-5-11/h4-10,17,19H,1-3H3. The number of Topliss-reactive ketones (excluding diaryl/α,β-unsaturated/α-hetero) is 1. The van der Waals surface area contributed by atoms with Crippen molar-refractivity contribution in [3.05, 3.63) is 53.6 Å². The van der Waals surface area contributed by atoms with Crippen LogP contribution in [0.1, 0.15) is 22.0 Å². The smallest absolute Gasteiger partial charge is 0.195 e. The number of aliphatic hydroxyl groups is 1. The molecule has 1 N–H and O–H groups in total. The molecule has 22 heavy (non-hydrogen) atoms. The predicted octanol–water partition coefficient (Wildman–Crippen LogP) is 3.34. The Morgan fingerprint density at radius 3 is 2.05 bits per heavy atom. The highest BCUT2D eigenvalue weighted by atomic mass is 32.2. The molecule has 0 aromatic heterocycles. The molecule has 0 heterocycles. The summed E-state index contributed by atoms with van der Waals surface area (Å²) in [5.41, 5.74) is 0.905. The van der Waals surface area contributed by atoms with Crippen LogP contribution in [0.15, 0.2) is 47.4 Å². The van der Waals surface area contributed by atoms with E-state index < -0.39 is 6.10 Å². The van der Waals surface area contributed by atoms with Gasteiger partial charge in [0.1, 0.15) is 17.6 Å². The van der Waals surface area contributed by atoms with Gasteiger partial charge in [-0.1, -0.05) is 12.1 Å². The highest BCUT2D eigenvalue weighted by Crippen LogP contribution is 2.28. The van der Waals surface area contributed by atoms with Crippen molar-refractivity contribution in [3.8, 4) is 11.5 Å². The summed E-state index contributed by atoms with van der Waals surface area (Å²) in [6.07, 6.45) is 0.706. The topological polar surface area (TPSA) is 55.8 Å². The van der Waals surface area contributed by atoms with Gasteiger partial charge in [-0.25, -0.2) is 0 Å². The fourth-order valence-electron chi connectivity index (χ4n) is 2.05. The molecule has 5 heteroatoms. The third-order valence-corrected chi connectivity index (χ3v) is 4.06. The van der Waals surface area contributed by atoms with Gasteiger partial charge in [-0.15, -0.1) is 11.8 Å². The van der Waals surface area contributed by atoms with E-state index in [0.29, 0.717) is 22.6 Å². The van der Waals surface area contributed by atoms with E-state index in [4.69, 9.17) is 9.47 Å². The van der Waals surface area contributed by atoms with E-state index in [0.717, 1.165) is 4.90 Å². The van der Waals surface area contributed by atoms with Crippen molar-refractivity contribution in [1.29, 1.82) is 0 Å². The summed E-state index contributed by atoms with van der Waals surface area (Å²) < 4.78 is 10.3. The van der Waals surface area contributed by atoms with Crippen LogP contribution in [-0.4, -0.2) is 31.4 Å². The summed E-state index contributed by atoms with van der Waals surface area (Å²) in [5.74, 6) is 0.695. The van der Waals surface area contributed by atoms with Gasteiger partial charge in [0, 0.05) is 16.5 Å². The number of rotatable bonds is 6. The Balaban J connectivity index is 2.29. The first kappa shape index (κ1) is 16.4. The summed E-state index contributed by atoms with van der Waals surface area (Å²) >= 11 is 1.60. The van der Waals surface area contributed by atoms with E-state index in [2.05, 4.69) is 0 Å². The zero-order valence-electron chi connectivity index (χ0n) is 12.7. The lowest BCUT2D eigenvalue weighted by Crippen LogP contribution is -2.12. The number of carbonyl (C=O) groups excluding carboxylic acids is 1. The third kappa shape index (κ3) is 3.61. The van der Waals surface area contributed by atoms with Crippen molar-refractivity contribution < 1.29 is 19.4 Å². The molecule has 2 aromatic rings. The molecule has 0 radical (unpaired) electrons. The van der Waals surface area contributed by atoms with Crippen molar-refractivity contribution in [2.24, 2.45) is 0 Å². The maximum atomic E-state index is 12.4. The molecule has 0 aliphatic rings. The van der Waals surface area contributed by atoms with E-state index in [-0.39, 0.29) is 5.78 Å². The molecule has 1 unspecified atom stereocenters. The summed E-state index contributed by atoms with van der Waals surface area (Å²) in [6.45, 7) is 0. The van der Waals surface area contributed by atoms with Gasteiger partial charge in [0.25, 0.3) is 0 Å². The second kappa shape index (κ2) is 7.33. The Labute approximate surface area is 134 Å². The number of hydrogen-bond acceptors (Lipinski definition) is 5. The van der Waals surface area contributed by atoms with Crippen LogP contribution < -0.4 is 9.47 Å². The minimum atomic E-state index is -1.26. The number of ether oxygens (including phenoxy) is 2. The molecular formula is C17H18O4S. The Hall–Kier alpha value is -1.98. The number of thioether (sulfide) groups is 1. The van der Waals surface area contributed by atoms with Gasteiger partial charge in [0.05, 0.1) is 14.2 Å². The molecular weight excluding hydrogens is 300 g/mol. The van der Waals surface area contributed by atoms with Crippen molar-refractivity contribution in [2.45, 2.75) is 11.0 Å². The molecule has 0 saturated heterocycles. The Bertz CT molecular complexity index is 630. The van der Waals surface area contributed by atoms with Crippen LogP contribution >= 0.6 is 11.8 Å². The molecule has 0 amide bonds. The largest absolute Gasteiger partial charge is 0.497 e. The molecule has 0 saturated carbocycles. The van der Waals surface area contributed by atoms with Crippen LogP contribution in [0, 0.1) is 0 Å². The van der Waals surface area contributed by atoms with Gasteiger partial charge in [-0.2, -0.15) is 0 Å². The first-order valence-electron chi connectivity index (χ1n) is 6.68. The van der Waals surface area contributed by atoms with Gasteiger partial charge >= 0.3 is 0 Å². The minimum absolute atomic E-state index is 0.358. The highest BCUT2D eigenvalue weighted by Gasteiger charge is 2.20. The van der Waals surface area contributed by atoms with Crippen molar-refractivity contribution in [2.75, 3.05) is 20.5 Å². The molecule has 0 fully saturated rings. The van der Waals surface area contributed by atoms with Crippen LogP contribution in [0.5, 0.6) is 11.5 Å². The van der Waals surface area contributed by atoms with E-state index in [1.54, 1.807) is 42.1 Å². The van der Waals surface area contributed by atoms with Crippen LogP contribution in [0.2, 0.25) is 0 Å². The monoisotopic (exact) mass is 318 g/mol. The summed E-state index contributed by atoms with van der Waals surface area (Å²) in [7, 11) is 3.04. The number of benzene rings is 2. The number of aliphatic hydroxyl groups excluding tert-OH is 1. The lowest BCUT2D eigenvalue weighted by molar-refractivity contribution is 0.0747. The molecule has 2 aromatic carbocycles. The van der Waals surface area contributed by atoms with Crippen LogP contribution in [0.3, 0.4) is 0 Å². The van der Waals surface area contributed by atoms with Crippen molar-refractivity contribution >= 4 is 17.5 Å². The molecule has 0 spiro atoms. The van der Waals surface area contributed by atoms with Gasteiger partial charge in [0.15, 0.2) is 5.78 Å². The van der Waals surface area contributed by atoms with Crippen LogP contribution in [-0.2, 0) is 0 Å². The lowest BCUT2D eigenvalue weighted by atomic mass is 9.99. The van der Waals surface area contributed by atoms with Gasteiger partial charge in [-0.3, -0.25) is 4.79 Å². The molecule has 116 valence electrons. The first-order chi connectivity index (χ1) is 10.6. The highest BCUT2D eigenvalue weighted by molar-refractivity contribution is 7.98. The van der Waals surface area contributed by atoms with E-state index in [1.807, 2.05) is 18.4 Å². The molecule has 0 aliphatic heterocycles. The maximum Gasteiger partial charge on any atom is 0.195 e. The van der Waals surface area contributed by atoms with Gasteiger partial charge in [-0.05, 0) is 36.1 Å². The molecule has 4 nitrogen and oxygen atoms in total. The Kier molecular flexibility index (Phi) is 5.46. The zero-order valence-corrected chi connectivity index (χ0v) is 13.5. The Morgan fingerprint density at radius 1 is 1.05 bits per heavy atom. The van der Waals surface area contributed by atoms with Gasteiger partial charge < -0.3 is 14.6 Å². The fourth-order valence-corrected chi connectivity index (χ4v) is 2.46. The molecule has 0 bridgehead atoms. The second-order valence-corrected chi connectivity index (χ2v) is 5.52. The molecule has 2 rings (SSSR count). The van der Waals surface area contributed by atoms with Crippen molar-refractivity contribution in [1.82, 2.24) is 0 Å².